The Morgan fingerprint density at radius 2 is 1.82 bits per heavy atom. The van der Waals surface area contributed by atoms with E-state index in [0.717, 1.165) is 0 Å². The van der Waals surface area contributed by atoms with Crippen LogP contribution in [0.25, 0.3) is 0 Å². The Kier molecular flexibility index (Phi) is 6.88. The monoisotopic (exact) mass is 245 g/mol. The normalized spacial score (nSPS) is 10.2. The number of likely N-dealkylation sites (N-methyl/N-ethyl adjacent to an activating group) is 1. The van der Waals surface area contributed by atoms with Gasteiger partial charge in [0.05, 0.1) is 20.2 Å². The molecule has 7 nitrogen and oxygen atoms in total. The van der Waals surface area contributed by atoms with Crippen LogP contribution in [-0.2, 0) is 14.3 Å². The van der Waals surface area contributed by atoms with Gasteiger partial charge in [-0.3, -0.25) is 19.8 Å². The first-order valence-corrected chi connectivity index (χ1v) is 5.20. The van der Waals surface area contributed by atoms with Crippen molar-refractivity contribution >= 4 is 17.9 Å². The summed E-state index contributed by atoms with van der Waals surface area (Å²) in [7, 11) is 2.85. The average molecular weight is 245 g/mol. The highest BCUT2D eigenvalue weighted by atomic mass is 16.5. The van der Waals surface area contributed by atoms with Gasteiger partial charge in [-0.15, -0.1) is 0 Å². The summed E-state index contributed by atoms with van der Waals surface area (Å²) in [6.07, 6.45) is 0. The molecule has 0 aliphatic heterocycles. The Morgan fingerprint density at radius 1 is 1.24 bits per heavy atom. The number of carbonyl (C=O) groups is 3. The highest BCUT2D eigenvalue weighted by molar-refractivity contribution is 5.95. The van der Waals surface area contributed by atoms with E-state index in [1.165, 1.54) is 12.0 Å². The summed E-state index contributed by atoms with van der Waals surface area (Å²) >= 11 is 0. The van der Waals surface area contributed by atoms with E-state index < -0.39 is 17.9 Å². The second kappa shape index (κ2) is 7.61. The second-order valence-electron chi connectivity index (χ2n) is 3.92. The third kappa shape index (κ3) is 8.21. The fourth-order valence-electron chi connectivity index (χ4n) is 1.05. The van der Waals surface area contributed by atoms with Gasteiger partial charge in [0.2, 0.25) is 5.91 Å². The molecule has 0 spiro atoms. The number of nitrogens with zero attached hydrogens (tertiary/aromatic N) is 1. The molecule has 0 aromatic heterocycles. The summed E-state index contributed by atoms with van der Waals surface area (Å²) in [5, 5.41) is 4.67. The summed E-state index contributed by atoms with van der Waals surface area (Å²) in [4.78, 5) is 34.9. The molecule has 17 heavy (non-hydrogen) atoms. The summed E-state index contributed by atoms with van der Waals surface area (Å²) in [6, 6.07) is -0.591. The predicted molar refractivity (Wildman–Crippen MR) is 61.3 cm³/mol. The van der Waals surface area contributed by atoms with Crippen LogP contribution < -0.4 is 10.6 Å². The molecule has 0 aliphatic rings. The molecule has 0 aliphatic carbocycles. The lowest BCUT2D eigenvalue weighted by Crippen LogP contribution is -2.46. The maximum absolute atomic E-state index is 11.3. The van der Waals surface area contributed by atoms with Gasteiger partial charge in [0.25, 0.3) is 0 Å². The van der Waals surface area contributed by atoms with Crippen LogP contribution >= 0.6 is 0 Å². The zero-order valence-electron chi connectivity index (χ0n) is 10.6. The van der Waals surface area contributed by atoms with Gasteiger partial charge in [0, 0.05) is 6.04 Å². The Morgan fingerprint density at radius 3 is 2.29 bits per heavy atom. The van der Waals surface area contributed by atoms with Gasteiger partial charge in [-0.05, 0) is 20.9 Å². The average Bonchev–Trinajstić information content (AvgIpc) is 2.14. The fraction of sp³-hybridized carbons (Fsp3) is 0.700. The number of rotatable bonds is 5. The molecule has 0 saturated carbocycles. The van der Waals surface area contributed by atoms with E-state index >= 15 is 0 Å². The fourth-order valence-corrected chi connectivity index (χ4v) is 1.05. The number of urea groups is 1. The minimum Gasteiger partial charge on any atom is -0.468 e. The minimum absolute atomic E-state index is 0.00425. The van der Waals surface area contributed by atoms with E-state index in [9.17, 15) is 14.4 Å². The Bertz CT molecular complexity index is 291. The van der Waals surface area contributed by atoms with Crippen molar-refractivity contribution in [3.05, 3.63) is 0 Å². The molecule has 0 heterocycles. The first-order chi connectivity index (χ1) is 7.85. The molecule has 0 fully saturated rings. The van der Waals surface area contributed by atoms with Crippen molar-refractivity contribution in [3.8, 4) is 0 Å². The van der Waals surface area contributed by atoms with Crippen molar-refractivity contribution < 1.29 is 19.1 Å². The third-order valence-corrected chi connectivity index (χ3v) is 1.71. The van der Waals surface area contributed by atoms with Gasteiger partial charge in [-0.25, -0.2) is 4.79 Å². The summed E-state index contributed by atoms with van der Waals surface area (Å²) < 4.78 is 4.44. The Balaban J connectivity index is 3.93. The van der Waals surface area contributed by atoms with Crippen molar-refractivity contribution in [1.29, 1.82) is 0 Å². The van der Waals surface area contributed by atoms with Crippen LogP contribution in [0.3, 0.4) is 0 Å². The SMILES string of the molecule is COC(=O)CN(C)CC(=O)NC(=O)NC(C)C. The van der Waals surface area contributed by atoms with E-state index in [0.29, 0.717) is 0 Å². The lowest BCUT2D eigenvalue weighted by molar-refractivity contribution is -0.141. The molecule has 0 aromatic rings. The largest absolute Gasteiger partial charge is 0.468 e. The molecule has 98 valence electrons. The summed E-state index contributed by atoms with van der Waals surface area (Å²) in [5.74, 6) is -0.915. The Labute approximate surface area is 100 Å². The summed E-state index contributed by atoms with van der Waals surface area (Å²) in [6.45, 7) is 3.51. The maximum atomic E-state index is 11.3. The topological polar surface area (TPSA) is 87.7 Å². The van der Waals surface area contributed by atoms with Crippen molar-refractivity contribution in [2.24, 2.45) is 0 Å². The number of hydrogen-bond donors (Lipinski definition) is 2. The van der Waals surface area contributed by atoms with Crippen molar-refractivity contribution in [2.75, 3.05) is 27.2 Å². The van der Waals surface area contributed by atoms with Gasteiger partial charge in [0.15, 0.2) is 0 Å². The zero-order chi connectivity index (χ0) is 13.4. The minimum atomic E-state index is -0.545. The standard InChI is InChI=1S/C10H19N3O4/c1-7(2)11-10(16)12-8(14)5-13(3)6-9(15)17-4/h7H,5-6H2,1-4H3,(H2,11,12,14,16). The van der Waals surface area contributed by atoms with Crippen LogP contribution in [0, 0.1) is 0 Å². The zero-order valence-corrected chi connectivity index (χ0v) is 10.6. The van der Waals surface area contributed by atoms with Crippen LogP contribution in [0.15, 0.2) is 0 Å². The lowest BCUT2D eigenvalue weighted by atomic mass is 10.4. The number of nitrogens with one attached hydrogen (secondary N) is 2. The molecule has 0 unspecified atom stereocenters. The predicted octanol–water partition coefficient (Wildman–Crippen LogP) is -0.675. The lowest BCUT2D eigenvalue weighted by Gasteiger charge is -2.15. The number of esters is 1. The number of hydrogen-bond acceptors (Lipinski definition) is 5. The van der Waals surface area contributed by atoms with Crippen LogP contribution in [0.1, 0.15) is 13.8 Å². The van der Waals surface area contributed by atoms with Crippen LogP contribution in [0.4, 0.5) is 4.79 Å². The van der Waals surface area contributed by atoms with E-state index in [2.05, 4.69) is 15.4 Å². The van der Waals surface area contributed by atoms with Crippen molar-refractivity contribution in [1.82, 2.24) is 15.5 Å². The molecule has 7 heteroatoms. The Hall–Kier alpha value is -1.63. The third-order valence-electron chi connectivity index (χ3n) is 1.71. The van der Waals surface area contributed by atoms with Gasteiger partial charge in [-0.2, -0.15) is 0 Å². The van der Waals surface area contributed by atoms with E-state index in [4.69, 9.17) is 0 Å². The molecule has 0 radical (unpaired) electrons. The smallest absolute Gasteiger partial charge is 0.321 e. The second-order valence-corrected chi connectivity index (χ2v) is 3.92. The molecule has 3 amide bonds. The van der Waals surface area contributed by atoms with Crippen molar-refractivity contribution in [2.45, 2.75) is 19.9 Å². The molecule has 0 bridgehead atoms. The van der Waals surface area contributed by atoms with E-state index in [1.54, 1.807) is 20.9 Å². The molecular formula is C10H19N3O4. The van der Waals surface area contributed by atoms with Crippen LogP contribution in [-0.4, -0.2) is 56.1 Å². The number of ether oxygens (including phenoxy) is 1. The first-order valence-electron chi connectivity index (χ1n) is 5.20. The highest BCUT2D eigenvalue weighted by Crippen LogP contribution is 1.85. The van der Waals surface area contributed by atoms with Gasteiger partial charge in [0.1, 0.15) is 0 Å². The van der Waals surface area contributed by atoms with E-state index in [1.807, 2.05) is 0 Å². The van der Waals surface area contributed by atoms with Gasteiger partial charge < -0.3 is 10.1 Å². The quantitative estimate of drug-likeness (QED) is 0.627. The first kappa shape index (κ1) is 15.4. The molecule has 0 rings (SSSR count). The van der Waals surface area contributed by atoms with Crippen LogP contribution in [0.5, 0.6) is 0 Å². The number of imide groups is 1. The van der Waals surface area contributed by atoms with E-state index in [-0.39, 0.29) is 19.1 Å². The molecular weight excluding hydrogens is 226 g/mol. The molecule has 2 N–H and O–H groups in total. The van der Waals surface area contributed by atoms with Crippen LogP contribution in [0.2, 0.25) is 0 Å². The molecule has 0 aromatic carbocycles. The number of amides is 3. The maximum Gasteiger partial charge on any atom is 0.321 e. The molecule has 0 saturated heterocycles. The number of carbonyl (C=O) groups excluding carboxylic acids is 3. The number of methoxy groups -OCH3 is 1. The summed E-state index contributed by atoms with van der Waals surface area (Å²) in [5.41, 5.74) is 0. The highest BCUT2D eigenvalue weighted by Gasteiger charge is 2.13. The molecule has 0 atom stereocenters. The van der Waals surface area contributed by atoms with Gasteiger partial charge in [-0.1, -0.05) is 0 Å². The van der Waals surface area contributed by atoms with Crippen molar-refractivity contribution in [3.63, 3.8) is 0 Å². The van der Waals surface area contributed by atoms with Gasteiger partial charge >= 0.3 is 12.0 Å².